The molecule has 1 atom stereocenters. The zero-order chi connectivity index (χ0) is 12.0. The molecule has 1 N–H and O–H groups in total. The molecule has 0 saturated carbocycles. The number of aromatic nitrogens is 2. The van der Waals surface area contributed by atoms with Crippen LogP contribution in [0.1, 0.15) is 40.0 Å². The maximum atomic E-state index is 9.07. The van der Waals surface area contributed by atoms with Crippen LogP contribution in [0.4, 0.5) is 0 Å². The van der Waals surface area contributed by atoms with Crippen LogP contribution in [-0.4, -0.2) is 21.3 Å². The zero-order valence-corrected chi connectivity index (χ0v) is 10.7. The molecule has 3 heteroatoms. The van der Waals surface area contributed by atoms with Crippen molar-refractivity contribution in [3.8, 4) is 0 Å². The third kappa shape index (κ3) is 5.31. The number of hydrogen-bond acceptors (Lipinski definition) is 2. The summed E-state index contributed by atoms with van der Waals surface area (Å²) in [6.07, 6.45) is 8.89. The van der Waals surface area contributed by atoms with Crippen molar-refractivity contribution >= 4 is 0 Å². The quantitative estimate of drug-likeness (QED) is 0.806. The fourth-order valence-electron chi connectivity index (χ4n) is 1.84. The summed E-state index contributed by atoms with van der Waals surface area (Å²) in [4.78, 5) is 4.04. The Kier molecular flexibility index (Phi) is 5.00. The fourth-order valence-corrected chi connectivity index (χ4v) is 1.84. The SMILES string of the molecule is CC(C)(C)CC[C@@H](CCO)Cn1ccnc1. The first-order chi connectivity index (χ1) is 7.51. The summed E-state index contributed by atoms with van der Waals surface area (Å²) in [6.45, 7) is 8.04. The molecule has 0 unspecified atom stereocenters. The van der Waals surface area contributed by atoms with E-state index in [-0.39, 0.29) is 6.61 Å². The lowest BCUT2D eigenvalue weighted by molar-refractivity contribution is 0.223. The van der Waals surface area contributed by atoms with Crippen LogP contribution < -0.4 is 0 Å². The Morgan fingerprint density at radius 1 is 1.31 bits per heavy atom. The largest absolute Gasteiger partial charge is 0.396 e. The zero-order valence-electron chi connectivity index (χ0n) is 10.7. The Balaban J connectivity index is 2.41. The number of aliphatic hydroxyl groups is 1. The predicted molar refractivity (Wildman–Crippen MR) is 66.1 cm³/mol. The van der Waals surface area contributed by atoms with Gasteiger partial charge in [0.05, 0.1) is 6.33 Å². The topological polar surface area (TPSA) is 38.0 Å². The van der Waals surface area contributed by atoms with Gasteiger partial charge in [-0.3, -0.25) is 0 Å². The van der Waals surface area contributed by atoms with Crippen molar-refractivity contribution in [3.63, 3.8) is 0 Å². The van der Waals surface area contributed by atoms with Gasteiger partial charge in [0.1, 0.15) is 0 Å². The van der Waals surface area contributed by atoms with Gasteiger partial charge in [-0.2, -0.15) is 0 Å². The van der Waals surface area contributed by atoms with Crippen LogP contribution in [0.15, 0.2) is 18.7 Å². The van der Waals surface area contributed by atoms with E-state index in [4.69, 9.17) is 5.11 Å². The lowest BCUT2D eigenvalue weighted by atomic mass is 9.86. The standard InChI is InChI=1S/C13H24N2O/c1-13(2,3)6-4-12(5-9-16)10-15-8-7-14-11-15/h7-8,11-12,16H,4-6,9-10H2,1-3H3/t12-/m0/s1. The molecular weight excluding hydrogens is 200 g/mol. The molecule has 1 aromatic rings. The maximum Gasteiger partial charge on any atom is 0.0945 e. The van der Waals surface area contributed by atoms with E-state index in [0.29, 0.717) is 11.3 Å². The molecule has 0 aromatic carbocycles. The molecule has 1 heterocycles. The first-order valence-electron chi connectivity index (χ1n) is 6.08. The van der Waals surface area contributed by atoms with Gasteiger partial charge in [0, 0.05) is 25.5 Å². The van der Waals surface area contributed by atoms with Gasteiger partial charge in [-0.15, -0.1) is 0 Å². The van der Waals surface area contributed by atoms with Crippen molar-refractivity contribution in [1.29, 1.82) is 0 Å². The number of nitrogens with zero attached hydrogens (tertiary/aromatic N) is 2. The molecule has 0 radical (unpaired) electrons. The van der Waals surface area contributed by atoms with E-state index in [9.17, 15) is 0 Å². The highest BCUT2D eigenvalue weighted by molar-refractivity contribution is 4.76. The molecule has 1 rings (SSSR count). The predicted octanol–water partition coefficient (Wildman–Crippen LogP) is 2.71. The second-order valence-electron chi connectivity index (χ2n) is 5.74. The van der Waals surface area contributed by atoms with Crippen molar-refractivity contribution < 1.29 is 5.11 Å². The summed E-state index contributed by atoms with van der Waals surface area (Å²) < 4.78 is 2.10. The van der Waals surface area contributed by atoms with Crippen molar-refractivity contribution in [1.82, 2.24) is 9.55 Å². The second kappa shape index (κ2) is 6.04. The van der Waals surface area contributed by atoms with Crippen LogP contribution in [0.5, 0.6) is 0 Å². The molecular formula is C13H24N2O. The van der Waals surface area contributed by atoms with Crippen molar-refractivity contribution in [3.05, 3.63) is 18.7 Å². The second-order valence-corrected chi connectivity index (χ2v) is 5.74. The van der Waals surface area contributed by atoms with Crippen LogP contribution in [0.25, 0.3) is 0 Å². The minimum Gasteiger partial charge on any atom is -0.396 e. The number of aliphatic hydroxyl groups excluding tert-OH is 1. The normalized spacial score (nSPS) is 14.0. The summed E-state index contributed by atoms with van der Waals surface area (Å²) in [5, 5.41) is 9.07. The molecule has 0 saturated heterocycles. The maximum absolute atomic E-state index is 9.07. The highest BCUT2D eigenvalue weighted by Gasteiger charge is 2.15. The molecule has 0 aliphatic heterocycles. The molecule has 1 aromatic heterocycles. The molecule has 0 aliphatic carbocycles. The third-order valence-electron chi connectivity index (χ3n) is 2.87. The average Bonchev–Trinajstić information content (AvgIpc) is 2.66. The molecule has 0 fully saturated rings. The van der Waals surface area contributed by atoms with E-state index >= 15 is 0 Å². The summed E-state index contributed by atoms with van der Waals surface area (Å²) >= 11 is 0. The fraction of sp³-hybridized carbons (Fsp3) is 0.769. The van der Waals surface area contributed by atoms with Crippen LogP contribution in [0.3, 0.4) is 0 Å². The molecule has 16 heavy (non-hydrogen) atoms. The minimum absolute atomic E-state index is 0.281. The minimum atomic E-state index is 0.281. The molecule has 3 nitrogen and oxygen atoms in total. The van der Waals surface area contributed by atoms with E-state index in [1.165, 1.54) is 12.8 Å². The molecule has 0 spiro atoms. The van der Waals surface area contributed by atoms with Crippen molar-refractivity contribution in [2.24, 2.45) is 11.3 Å². The van der Waals surface area contributed by atoms with Crippen molar-refractivity contribution in [2.45, 2.75) is 46.6 Å². The van der Waals surface area contributed by atoms with Gasteiger partial charge in [-0.05, 0) is 30.6 Å². The molecule has 0 bridgehead atoms. The molecule has 0 amide bonds. The summed E-state index contributed by atoms with van der Waals surface area (Å²) in [6, 6.07) is 0. The number of rotatable bonds is 6. The Hall–Kier alpha value is -0.830. The monoisotopic (exact) mass is 224 g/mol. The van der Waals surface area contributed by atoms with E-state index in [2.05, 4.69) is 30.3 Å². The molecule has 0 aliphatic rings. The van der Waals surface area contributed by atoms with Crippen LogP contribution in [0, 0.1) is 11.3 Å². The third-order valence-corrected chi connectivity index (χ3v) is 2.87. The van der Waals surface area contributed by atoms with Crippen molar-refractivity contribution in [2.75, 3.05) is 6.61 Å². The van der Waals surface area contributed by atoms with Gasteiger partial charge >= 0.3 is 0 Å². The van der Waals surface area contributed by atoms with Crippen LogP contribution >= 0.6 is 0 Å². The summed E-state index contributed by atoms with van der Waals surface area (Å²) in [5.74, 6) is 0.554. The first kappa shape index (κ1) is 13.2. The Morgan fingerprint density at radius 2 is 2.06 bits per heavy atom. The lowest BCUT2D eigenvalue weighted by Crippen LogP contribution is -2.15. The summed E-state index contributed by atoms with van der Waals surface area (Å²) in [7, 11) is 0. The smallest absolute Gasteiger partial charge is 0.0945 e. The Morgan fingerprint density at radius 3 is 2.56 bits per heavy atom. The van der Waals surface area contributed by atoms with Crippen LogP contribution in [-0.2, 0) is 6.54 Å². The van der Waals surface area contributed by atoms with E-state index in [1.54, 1.807) is 6.20 Å². The average molecular weight is 224 g/mol. The summed E-state index contributed by atoms with van der Waals surface area (Å²) in [5.41, 5.74) is 0.378. The number of imidazole rings is 1. The van der Waals surface area contributed by atoms with E-state index in [1.807, 2.05) is 12.5 Å². The highest BCUT2D eigenvalue weighted by Crippen LogP contribution is 2.25. The Labute approximate surface area is 98.5 Å². The first-order valence-corrected chi connectivity index (χ1v) is 6.08. The van der Waals surface area contributed by atoms with Gasteiger partial charge < -0.3 is 9.67 Å². The highest BCUT2D eigenvalue weighted by atomic mass is 16.3. The Bertz CT molecular complexity index is 275. The van der Waals surface area contributed by atoms with Crippen LogP contribution in [0.2, 0.25) is 0 Å². The van der Waals surface area contributed by atoms with E-state index in [0.717, 1.165) is 13.0 Å². The van der Waals surface area contributed by atoms with Gasteiger partial charge in [0.2, 0.25) is 0 Å². The van der Waals surface area contributed by atoms with Gasteiger partial charge in [-0.1, -0.05) is 20.8 Å². The van der Waals surface area contributed by atoms with Gasteiger partial charge in [-0.25, -0.2) is 4.98 Å². The van der Waals surface area contributed by atoms with Gasteiger partial charge in [0.15, 0.2) is 0 Å². The number of hydrogen-bond donors (Lipinski definition) is 1. The van der Waals surface area contributed by atoms with Gasteiger partial charge in [0.25, 0.3) is 0 Å². The lowest BCUT2D eigenvalue weighted by Gasteiger charge is -2.23. The van der Waals surface area contributed by atoms with E-state index < -0.39 is 0 Å². The molecule has 92 valence electrons.